The third-order valence-corrected chi connectivity index (χ3v) is 3.97. The number of halogens is 2. The van der Waals surface area contributed by atoms with E-state index in [9.17, 15) is 0 Å². The summed E-state index contributed by atoms with van der Waals surface area (Å²) in [6.07, 6.45) is 0.903. The van der Waals surface area contributed by atoms with Crippen molar-refractivity contribution in [1.29, 1.82) is 0 Å². The van der Waals surface area contributed by atoms with Crippen molar-refractivity contribution >= 4 is 23.2 Å². The summed E-state index contributed by atoms with van der Waals surface area (Å²) in [5.41, 5.74) is 4.97. The fourth-order valence-corrected chi connectivity index (χ4v) is 3.11. The molecule has 0 heterocycles. The first-order valence-corrected chi connectivity index (χ1v) is 7.44. The summed E-state index contributed by atoms with van der Waals surface area (Å²) in [7, 11) is 1.96. The van der Waals surface area contributed by atoms with Gasteiger partial charge in [-0.25, -0.2) is 0 Å². The number of hydrogen-bond donors (Lipinski definition) is 1. The topological polar surface area (TPSA) is 12.0 Å². The molecule has 0 aromatic heterocycles. The minimum absolute atomic E-state index is 0.181. The summed E-state index contributed by atoms with van der Waals surface area (Å²) >= 11 is 12.3. The molecular weight excluding hydrogens is 289 g/mol. The van der Waals surface area contributed by atoms with Crippen LogP contribution in [0.5, 0.6) is 0 Å². The number of aryl methyl sites for hydroxylation is 2. The van der Waals surface area contributed by atoms with Crippen LogP contribution < -0.4 is 5.32 Å². The number of hydrogen-bond acceptors (Lipinski definition) is 1. The molecule has 0 spiro atoms. The second-order valence-electron chi connectivity index (χ2n) is 5.21. The zero-order valence-corrected chi connectivity index (χ0v) is 13.5. The van der Waals surface area contributed by atoms with Gasteiger partial charge in [0.15, 0.2) is 0 Å². The van der Waals surface area contributed by atoms with E-state index < -0.39 is 0 Å². The molecule has 0 bridgehead atoms. The molecule has 0 aliphatic rings. The monoisotopic (exact) mass is 307 g/mol. The molecule has 1 N–H and O–H groups in total. The summed E-state index contributed by atoms with van der Waals surface area (Å²) in [5, 5.41) is 4.71. The summed E-state index contributed by atoms with van der Waals surface area (Å²) in [6, 6.07) is 12.5. The van der Waals surface area contributed by atoms with Crippen molar-refractivity contribution in [2.24, 2.45) is 0 Å². The Balaban J connectivity index is 2.28. The Labute approximate surface area is 130 Å². The zero-order chi connectivity index (χ0) is 14.7. The van der Waals surface area contributed by atoms with Gasteiger partial charge < -0.3 is 5.32 Å². The smallest absolute Gasteiger partial charge is 0.0468 e. The lowest BCUT2D eigenvalue weighted by Crippen LogP contribution is -2.19. The van der Waals surface area contributed by atoms with E-state index >= 15 is 0 Å². The average molecular weight is 308 g/mol. The van der Waals surface area contributed by atoms with Crippen molar-refractivity contribution in [2.45, 2.75) is 26.3 Å². The van der Waals surface area contributed by atoms with Crippen molar-refractivity contribution < 1.29 is 0 Å². The standard InChI is InChI=1S/C17H19Cl2N/c1-11-6-12(2)8-13(7-11)9-17(20-3)15-5-4-14(18)10-16(15)19/h4-8,10,17,20H,9H2,1-3H3. The first kappa shape index (κ1) is 15.4. The van der Waals surface area contributed by atoms with Crippen molar-refractivity contribution in [3.8, 4) is 0 Å². The van der Waals surface area contributed by atoms with Crippen LogP contribution in [0.25, 0.3) is 0 Å². The van der Waals surface area contributed by atoms with Gasteiger partial charge in [0.2, 0.25) is 0 Å². The van der Waals surface area contributed by atoms with Gasteiger partial charge in [-0.15, -0.1) is 0 Å². The molecule has 0 amide bonds. The molecule has 2 aromatic carbocycles. The van der Waals surface area contributed by atoms with Crippen molar-refractivity contribution in [3.05, 3.63) is 68.7 Å². The first-order chi connectivity index (χ1) is 9.49. The molecule has 0 radical (unpaired) electrons. The van der Waals surface area contributed by atoms with Crippen LogP contribution in [0.4, 0.5) is 0 Å². The Morgan fingerprint density at radius 1 is 1.00 bits per heavy atom. The third-order valence-electron chi connectivity index (χ3n) is 3.41. The Hall–Kier alpha value is -1.02. The molecule has 0 saturated carbocycles. The summed E-state index contributed by atoms with van der Waals surface area (Å²) in [6.45, 7) is 4.25. The van der Waals surface area contributed by atoms with Crippen LogP contribution in [0.2, 0.25) is 10.0 Å². The lowest BCUT2D eigenvalue weighted by atomic mass is 9.96. The maximum absolute atomic E-state index is 6.31. The molecule has 2 rings (SSSR count). The number of nitrogens with one attached hydrogen (secondary N) is 1. The molecule has 106 valence electrons. The van der Waals surface area contributed by atoms with E-state index in [-0.39, 0.29) is 6.04 Å². The van der Waals surface area contributed by atoms with Crippen LogP contribution >= 0.6 is 23.2 Å². The molecule has 1 nitrogen and oxygen atoms in total. The zero-order valence-electron chi connectivity index (χ0n) is 12.0. The second kappa shape index (κ2) is 6.62. The summed E-state index contributed by atoms with van der Waals surface area (Å²) < 4.78 is 0. The van der Waals surface area contributed by atoms with Gasteiger partial charge in [0.25, 0.3) is 0 Å². The largest absolute Gasteiger partial charge is 0.313 e. The molecule has 0 saturated heterocycles. The molecular formula is C17H19Cl2N. The van der Waals surface area contributed by atoms with Crippen LogP contribution in [0.15, 0.2) is 36.4 Å². The highest BCUT2D eigenvalue weighted by Gasteiger charge is 2.14. The van der Waals surface area contributed by atoms with Gasteiger partial charge in [0, 0.05) is 16.1 Å². The van der Waals surface area contributed by atoms with E-state index in [2.05, 4.69) is 37.4 Å². The fourth-order valence-electron chi connectivity index (χ4n) is 2.57. The van der Waals surface area contributed by atoms with Crippen LogP contribution in [0.3, 0.4) is 0 Å². The maximum Gasteiger partial charge on any atom is 0.0468 e. The summed E-state index contributed by atoms with van der Waals surface area (Å²) in [5.74, 6) is 0. The summed E-state index contributed by atoms with van der Waals surface area (Å²) in [4.78, 5) is 0. The molecule has 0 aliphatic heterocycles. The van der Waals surface area contributed by atoms with Crippen LogP contribution in [-0.4, -0.2) is 7.05 Å². The van der Waals surface area contributed by atoms with Gasteiger partial charge in [-0.2, -0.15) is 0 Å². The minimum atomic E-state index is 0.181. The van der Waals surface area contributed by atoms with Crippen LogP contribution in [0, 0.1) is 13.8 Å². The quantitative estimate of drug-likeness (QED) is 0.827. The lowest BCUT2D eigenvalue weighted by Gasteiger charge is -2.19. The Morgan fingerprint density at radius 2 is 1.65 bits per heavy atom. The van der Waals surface area contributed by atoms with E-state index in [1.807, 2.05) is 19.2 Å². The van der Waals surface area contributed by atoms with Crippen LogP contribution in [-0.2, 0) is 6.42 Å². The van der Waals surface area contributed by atoms with E-state index in [4.69, 9.17) is 23.2 Å². The normalized spacial score (nSPS) is 12.4. The Morgan fingerprint density at radius 3 is 2.20 bits per heavy atom. The highest BCUT2D eigenvalue weighted by Crippen LogP contribution is 2.28. The van der Waals surface area contributed by atoms with Crippen molar-refractivity contribution in [2.75, 3.05) is 7.05 Å². The number of rotatable bonds is 4. The first-order valence-electron chi connectivity index (χ1n) is 6.69. The molecule has 1 unspecified atom stereocenters. The van der Waals surface area contributed by atoms with Crippen molar-refractivity contribution in [3.63, 3.8) is 0 Å². The van der Waals surface area contributed by atoms with Gasteiger partial charge in [0.05, 0.1) is 0 Å². The highest BCUT2D eigenvalue weighted by atomic mass is 35.5. The predicted octanol–water partition coefficient (Wildman–Crippen LogP) is 5.11. The van der Waals surface area contributed by atoms with Gasteiger partial charge in [0.1, 0.15) is 0 Å². The van der Waals surface area contributed by atoms with E-state index in [0.29, 0.717) is 10.0 Å². The molecule has 0 fully saturated rings. The van der Waals surface area contributed by atoms with Gasteiger partial charge >= 0.3 is 0 Å². The second-order valence-corrected chi connectivity index (χ2v) is 6.05. The fraction of sp³-hybridized carbons (Fsp3) is 0.294. The number of likely N-dealkylation sites (N-methyl/N-ethyl adjacent to an activating group) is 1. The van der Waals surface area contributed by atoms with E-state index in [1.54, 1.807) is 6.07 Å². The minimum Gasteiger partial charge on any atom is -0.313 e. The molecule has 2 aromatic rings. The highest BCUT2D eigenvalue weighted by molar-refractivity contribution is 6.35. The SMILES string of the molecule is CNC(Cc1cc(C)cc(C)c1)c1ccc(Cl)cc1Cl. The molecule has 0 aliphatic carbocycles. The van der Waals surface area contributed by atoms with Gasteiger partial charge in [-0.3, -0.25) is 0 Å². The van der Waals surface area contributed by atoms with E-state index in [1.165, 1.54) is 16.7 Å². The third kappa shape index (κ3) is 3.76. The van der Waals surface area contributed by atoms with E-state index in [0.717, 1.165) is 12.0 Å². The molecule has 3 heteroatoms. The van der Waals surface area contributed by atoms with Crippen LogP contribution in [0.1, 0.15) is 28.3 Å². The van der Waals surface area contributed by atoms with Gasteiger partial charge in [-0.05, 0) is 50.6 Å². The Bertz CT molecular complexity index is 588. The average Bonchev–Trinajstić information content (AvgIpc) is 2.35. The predicted molar refractivity (Wildman–Crippen MR) is 87.9 cm³/mol. The Kier molecular flexibility index (Phi) is 5.09. The molecule has 20 heavy (non-hydrogen) atoms. The van der Waals surface area contributed by atoms with Crippen molar-refractivity contribution in [1.82, 2.24) is 5.32 Å². The van der Waals surface area contributed by atoms with Gasteiger partial charge in [-0.1, -0.05) is 58.6 Å². The maximum atomic E-state index is 6.31. The molecule has 1 atom stereocenters. The lowest BCUT2D eigenvalue weighted by molar-refractivity contribution is 0.592. The number of benzene rings is 2.